The molecule has 0 spiro atoms. The molecule has 1 aliphatic heterocycles. The van der Waals surface area contributed by atoms with Crippen LogP contribution in [0.25, 0.3) is 0 Å². The van der Waals surface area contributed by atoms with Crippen molar-refractivity contribution in [2.24, 2.45) is 0 Å². The van der Waals surface area contributed by atoms with Crippen LogP contribution in [-0.4, -0.2) is 27.4 Å². The Morgan fingerprint density at radius 3 is 2.58 bits per heavy atom. The largest absolute Gasteiger partial charge is 0.341 e. The molecule has 1 amide bonds. The summed E-state index contributed by atoms with van der Waals surface area (Å²) < 4.78 is 27.9. The molecule has 0 bridgehead atoms. The van der Waals surface area contributed by atoms with E-state index in [4.69, 9.17) is 11.6 Å². The summed E-state index contributed by atoms with van der Waals surface area (Å²) in [6.45, 7) is 0.474. The van der Waals surface area contributed by atoms with E-state index in [9.17, 15) is 13.2 Å². The molecule has 3 aromatic rings. The number of nitrogens with zero attached hydrogens (tertiary/aromatic N) is 1. The summed E-state index contributed by atoms with van der Waals surface area (Å²) in [7, 11) is -3.91. The number of benzene rings is 3. The third-order valence-electron chi connectivity index (χ3n) is 4.95. The van der Waals surface area contributed by atoms with Crippen molar-refractivity contribution in [2.75, 3.05) is 17.4 Å². The highest BCUT2D eigenvalue weighted by atomic mass is 35.5. The average molecular weight is 451 g/mol. The minimum atomic E-state index is -3.91. The monoisotopic (exact) mass is 450 g/mol. The first-order chi connectivity index (χ1) is 15.0. The number of nitrogens with one attached hydrogen (secondary N) is 1. The second kappa shape index (κ2) is 8.84. The Morgan fingerprint density at radius 2 is 1.77 bits per heavy atom. The fraction of sp³-hybridized carbons (Fsp3) is 0.125. The maximum atomic E-state index is 13.3. The van der Waals surface area contributed by atoms with E-state index in [2.05, 4.69) is 17.2 Å². The molecule has 31 heavy (non-hydrogen) atoms. The summed E-state index contributed by atoms with van der Waals surface area (Å²) in [5, 5.41) is 2.76. The van der Waals surface area contributed by atoms with E-state index in [1.54, 1.807) is 12.1 Å². The van der Waals surface area contributed by atoms with Gasteiger partial charge in [0.1, 0.15) is 4.90 Å². The van der Waals surface area contributed by atoms with E-state index in [1.807, 2.05) is 42.5 Å². The Hall–Kier alpha value is -3.27. The van der Waals surface area contributed by atoms with Crippen LogP contribution in [0.2, 0.25) is 5.02 Å². The summed E-state index contributed by atoms with van der Waals surface area (Å²) in [6, 6.07) is 21.0. The number of anilines is 1. The zero-order valence-corrected chi connectivity index (χ0v) is 18.1. The van der Waals surface area contributed by atoms with Gasteiger partial charge >= 0.3 is 0 Å². The Morgan fingerprint density at radius 1 is 1.03 bits per heavy atom. The van der Waals surface area contributed by atoms with Crippen molar-refractivity contribution < 1.29 is 13.2 Å². The molecule has 0 fully saturated rings. The van der Waals surface area contributed by atoms with Crippen molar-refractivity contribution in [3.05, 3.63) is 94.5 Å². The summed E-state index contributed by atoms with van der Waals surface area (Å²) in [6.07, 6.45) is 0.632. The van der Waals surface area contributed by atoms with Gasteiger partial charge in [-0.05, 0) is 48.4 Å². The lowest BCUT2D eigenvalue weighted by molar-refractivity contribution is 0.0958. The standard InChI is InChI=1S/C24H19ClN2O3S/c25-21-13-12-20(24(28)26-15-6-9-18-7-2-1-3-8-18)17-23(21)31(29,30)27-16-14-19-10-4-5-11-22(19)27/h1-5,7-8,10-13,17H,14-16H2,(H,26,28). The van der Waals surface area contributed by atoms with E-state index in [-0.39, 0.29) is 22.0 Å². The van der Waals surface area contributed by atoms with Crippen molar-refractivity contribution in [1.82, 2.24) is 5.32 Å². The molecule has 3 aromatic carbocycles. The molecule has 0 atom stereocenters. The zero-order valence-electron chi connectivity index (χ0n) is 16.5. The van der Waals surface area contributed by atoms with Gasteiger partial charge in [0.05, 0.1) is 17.3 Å². The quantitative estimate of drug-likeness (QED) is 0.613. The number of halogens is 1. The first kappa shape index (κ1) is 21.0. The molecule has 1 N–H and O–H groups in total. The molecule has 0 aromatic heterocycles. The van der Waals surface area contributed by atoms with E-state index < -0.39 is 15.9 Å². The Kier molecular flexibility index (Phi) is 5.99. The van der Waals surface area contributed by atoms with Gasteiger partial charge in [0.15, 0.2) is 0 Å². The number of fused-ring (bicyclic) bond motifs is 1. The number of carbonyl (C=O) groups is 1. The number of rotatable bonds is 4. The molecular weight excluding hydrogens is 432 g/mol. The van der Waals surface area contributed by atoms with Crippen LogP contribution < -0.4 is 9.62 Å². The summed E-state index contributed by atoms with van der Waals surface area (Å²) in [5.41, 5.74) is 2.66. The molecule has 0 aliphatic carbocycles. The van der Waals surface area contributed by atoms with Crippen LogP contribution in [0.4, 0.5) is 5.69 Å². The summed E-state index contributed by atoms with van der Waals surface area (Å²) >= 11 is 6.23. The maximum absolute atomic E-state index is 13.3. The number of sulfonamides is 1. The molecule has 5 nitrogen and oxygen atoms in total. The summed E-state index contributed by atoms with van der Waals surface area (Å²) in [5.74, 6) is 5.41. The minimum absolute atomic E-state index is 0.0739. The van der Waals surface area contributed by atoms with Gasteiger partial charge in [0, 0.05) is 17.7 Å². The Bertz CT molecular complexity index is 1300. The van der Waals surface area contributed by atoms with Crippen molar-refractivity contribution in [1.29, 1.82) is 0 Å². The average Bonchev–Trinajstić information content (AvgIpc) is 3.22. The zero-order chi connectivity index (χ0) is 21.8. The van der Waals surface area contributed by atoms with Gasteiger partial charge in [-0.15, -0.1) is 0 Å². The van der Waals surface area contributed by atoms with Gasteiger partial charge in [0.25, 0.3) is 15.9 Å². The fourth-order valence-corrected chi connectivity index (χ4v) is 5.42. The van der Waals surface area contributed by atoms with Gasteiger partial charge < -0.3 is 5.32 Å². The van der Waals surface area contributed by atoms with Crippen molar-refractivity contribution in [3.8, 4) is 11.8 Å². The molecule has 0 radical (unpaired) electrons. The minimum Gasteiger partial charge on any atom is -0.341 e. The van der Waals surface area contributed by atoms with Gasteiger partial charge in [-0.1, -0.05) is 59.8 Å². The van der Waals surface area contributed by atoms with Crippen molar-refractivity contribution >= 4 is 33.2 Å². The second-order valence-electron chi connectivity index (χ2n) is 6.95. The Balaban J connectivity index is 1.53. The van der Waals surface area contributed by atoms with Crippen LogP contribution in [0.1, 0.15) is 21.5 Å². The van der Waals surface area contributed by atoms with Gasteiger partial charge in [-0.25, -0.2) is 8.42 Å². The van der Waals surface area contributed by atoms with Crippen molar-refractivity contribution in [2.45, 2.75) is 11.3 Å². The van der Waals surface area contributed by atoms with E-state index in [0.717, 1.165) is 11.1 Å². The molecular formula is C24H19ClN2O3S. The number of carbonyl (C=O) groups excluding carboxylic acids is 1. The third kappa shape index (κ3) is 4.43. The van der Waals surface area contributed by atoms with E-state index in [0.29, 0.717) is 18.7 Å². The van der Waals surface area contributed by atoms with Crippen LogP contribution in [0.5, 0.6) is 0 Å². The lowest BCUT2D eigenvalue weighted by Gasteiger charge is -2.20. The number of amides is 1. The molecule has 156 valence electrons. The highest BCUT2D eigenvalue weighted by Gasteiger charge is 2.32. The lowest BCUT2D eigenvalue weighted by Crippen LogP contribution is -2.30. The molecule has 0 unspecified atom stereocenters. The smallest absolute Gasteiger partial charge is 0.265 e. The SMILES string of the molecule is O=C(NCC#Cc1ccccc1)c1ccc(Cl)c(S(=O)(=O)N2CCc3ccccc32)c1. The second-order valence-corrected chi connectivity index (χ2v) is 9.19. The predicted molar refractivity (Wildman–Crippen MR) is 122 cm³/mol. The molecule has 7 heteroatoms. The normalized spacial score (nSPS) is 12.6. The highest BCUT2D eigenvalue weighted by Crippen LogP contribution is 2.35. The number of hydrogen-bond acceptors (Lipinski definition) is 3. The number of para-hydroxylation sites is 1. The predicted octanol–water partition coefficient (Wildman–Crippen LogP) is 3.87. The van der Waals surface area contributed by atoms with Crippen LogP contribution in [-0.2, 0) is 16.4 Å². The van der Waals surface area contributed by atoms with E-state index >= 15 is 0 Å². The first-order valence-electron chi connectivity index (χ1n) is 9.69. The molecule has 0 saturated heterocycles. The highest BCUT2D eigenvalue weighted by molar-refractivity contribution is 7.93. The van der Waals surface area contributed by atoms with Crippen LogP contribution in [0.15, 0.2) is 77.7 Å². The van der Waals surface area contributed by atoms with Crippen LogP contribution >= 0.6 is 11.6 Å². The van der Waals surface area contributed by atoms with Crippen LogP contribution in [0.3, 0.4) is 0 Å². The maximum Gasteiger partial charge on any atom is 0.265 e. The van der Waals surface area contributed by atoms with Crippen molar-refractivity contribution in [3.63, 3.8) is 0 Å². The third-order valence-corrected chi connectivity index (χ3v) is 7.24. The van der Waals surface area contributed by atoms with Gasteiger partial charge in [0.2, 0.25) is 0 Å². The van der Waals surface area contributed by atoms with Gasteiger partial charge in [-0.3, -0.25) is 9.10 Å². The topological polar surface area (TPSA) is 66.5 Å². The van der Waals surface area contributed by atoms with Crippen LogP contribution in [0, 0.1) is 11.8 Å². The van der Waals surface area contributed by atoms with E-state index in [1.165, 1.54) is 22.5 Å². The molecule has 4 rings (SSSR count). The molecule has 1 aliphatic rings. The Labute approximate surface area is 186 Å². The number of hydrogen-bond donors (Lipinski definition) is 1. The fourth-order valence-electron chi connectivity index (χ4n) is 3.41. The molecule has 1 heterocycles. The summed E-state index contributed by atoms with van der Waals surface area (Å²) in [4.78, 5) is 12.4. The first-order valence-corrected chi connectivity index (χ1v) is 11.5. The van der Waals surface area contributed by atoms with Gasteiger partial charge in [-0.2, -0.15) is 0 Å². The lowest BCUT2D eigenvalue weighted by atomic mass is 10.2. The molecule has 0 saturated carbocycles.